The fourth-order valence-corrected chi connectivity index (χ4v) is 5.18. The maximum absolute atomic E-state index is 12.3. The highest BCUT2D eigenvalue weighted by Crippen LogP contribution is 2.35. The van der Waals surface area contributed by atoms with Crippen molar-refractivity contribution in [3.05, 3.63) is 16.3 Å². The molecule has 0 atom stereocenters. The zero-order valence-electron chi connectivity index (χ0n) is 11.3. The molecule has 0 spiro atoms. The minimum Gasteiger partial charge on any atom is -0.326 e. The van der Waals surface area contributed by atoms with Gasteiger partial charge in [0, 0.05) is 18.0 Å². The van der Waals surface area contributed by atoms with Crippen LogP contribution in [0.15, 0.2) is 16.3 Å². The molecule has 0 bridgehead atoms. The minimum atomic E-state index is -3.42. The zero-order chi connectivity index (χ0) is 13.9. The van der Waals surface area contributed by atoms with Gasteiger partial charge in [-0.25, -0.2) is 13.1 Å². The van der Waals surface area contributed by atoms with Crippen LogP contribution in [0.3, 0.4) is 0 Å². The fraction of sp³-hybridized carbons (Fsp3) is 0.692. The molecule has 4 nitrogen and oxygen atoms in total. The quantitative estimate of drug-likeness (QED) is 0.877. The van der Waals surface area contributed by atoms with Crippen LogP contribution >= 0.6 is 11.3 Å². The Kier molecular flexibility index (Phi) is 4.66. The Morgan fingerprint density at radius 2 is 2.05 bits per heavy atom. The SMILES string of the molecule is CC1(CNS(=O)(=O)c2ccsc2CN)CCCCC1. The first-order valence-corrected chi connectivity index (χ1v) is 9.09. The Morgan fingerprint density at radius 3 is 2.68 bits per heavy atom. The number of hydrogen-bond donors (Lipinski definition) is 2. The van der Waals surface area contributed by atoms with Crippen LogP contribution in [0.1, 0.15) is 43.9 Å². The van der Waals surface area contributed by atoms with Crippen LogP contribution in [0.2, 0.25) is 0 Å². The third-order valence-corrected chi connectivity index (χ3v) is 6.49. The summed E-state index contributed by atoms with van der Waals surface area (Å²) in [5.74, 6) is 0. The van der Waals surface area contributed by atoms with E-state index in [9.17, 15) is 8.42 Å². The highest BCUT2D eigenvalue weighted by molar-refractivity contribution is 7.89. The van der Waals surface area contributed by atoms with Gasteiger partial charge >= 0.3 is 0 Å². The molecule has 19 heavy (non-hydrogen) atoms. The van der Waals surface area contributed by atoms with Gasteiger partial charge in [0.1, 0.15) is 0 Å². The summed E-state index contributed by atoms with van der Waals surface area (Å²) >= 11 is 1.39. The standard InChI is InChI=1S/C13H22N2O2S2/c1-13(6-3-2-4-7-13)10-15-19(16,17)12-5-8-18-11(12)9-14/h5,8,15H,2-4,6-7,9-10,14H2,1H3. The second-order valence-electron chi connectivity index (χ2n) is 5.61. The number of nitrogens with one attached hydrogen (secondary N) is 1. The summed E-state index contributed by atoms with van der Waals surface area (Å²) in [7, 11) is -3.42. The molecule has 6 heteroatoms. The molecular formula is C13H22N2O2S2. The molecule has 1 saturated carbocycles. The van der Waals surface area contributed by atoms with Gasteiger partial charge in [-0.05, 0) is 29.7 Å². The van der Waals surface area contributed by atoms with Crippen molar-refractivity contribution in [2.75, 3.05) is 6.54 Å². The van der Waals surface area contributed by atoms with Crippen LogP contribution < -0.4 is 10.5 Å². The highest BCUT2D eigenvalue weighted by atomic mass is 32.2. The maximum Gasteiger partial charge on any atom is 0.241 e. The van der Waals surface area contributed by atoms with E-state index in [0.717, 1.165) is 17.7 Å². The number of rotatable bonds is 5. The van der Waals surface area contributed by atoms with Crippen molar-refractivity contribution in [3.8, 4) is 0 Å². The zero-order valence-corrected chi connectivity index (χ0v) is 12.9. The molecule has 0 amide bonds. The molecule has 0 radical (unpaired) electrons. The molecule has 0 unspecified atom stereocenters. The number of hydrogen-bond acceptors (Lipinski definition) is 4. The molecule has 3 N–H and O–H groups in total. The normalized spacial score (nSPS) is 19.5. The van der Waals surface area contributed by atoms with E-state index in [-0.39, 0.29) is 12.0 Å². The molecule has 1 fully saturated rings. The predicted molar refractivity (Wildman–Crippen MR) is 78.6 cm³/mol. The molecule has 1 aromatic heterocycles. The van der Waals surface area contributed by atoms with Crippen molar-refractivity contribution in [3.63, 3.8) is 0 Å². The monoisotopic (exact) mass is 302 g/mol. The summed E-state index contributed by atoms with van der Waals surface area (Å²) < 4.78 is 27.4. The predicted octanol–water partition coefficient (Wildman–Crippen LogP) is 2.46. The lowest BCUT2D eigenvalue weighted by molar-refractivity contribution is 0.219. The van der Waals surface area contributed by atoms with E-state index in [1.54, 1.807) is 11.4 Å². The smallest absolute Gasteiger partial charge is 0.241 e. The summed E-state index contributed by atoms with van der Waals surface area (Å²) in [6, 6.07) is 1.64. The van der Waals surface area contributed by atoms with Gasteiger partial charge in [-0.1, -0.05) is 26.2 Å². The first-order chi connectivity index (χ1) is 8.97. The second kappa shape index (κ2) is 5.91. The Morgan fingerprint density at radius 1 is 1.37 bits per heavy atom. The first-order valence-electron chi connectivity index (χ1n) is 6.73. The van der Waals surface area contributed by atoms with Crippen molar-refractivity contribution in [2.24, 2.45) is 11.1 Å². The molecule has 2 rings (SSSR count). The minimum absolute atomic E-state index is 0.101. The van der Waals surface area contributed by atoms with E-state index in [1.807, 2.05) is 0 Å². The molecule has 108 valence electrons. The summed E-state index contributed by atoms with van der Waals surface area (Å²) in [5, 5.41) is 1.78. The molecule has 0 aliphatic heterocycles. The van der Waals surface area contributed by atoms with Gasteiger partial charge < -0.3 is 5.73 Å². The second-order valence-corrected chi connectivity index (χ2v) is 8.34. The Labute approximate surface area is 119 Å². The summed E-state index contributed by atoms with van der Waals surface area (Å²) in [5.41, 5.74) is 5.68. The van der Waals surface area contributed by atoms with Gasteiger partial charge in [0.05, 0.1) is 4.90 Å². The van der Waals surface area contributed by atoms with Crippen molar-refractivity contribution >= 4 is 21.4 Å². The number of thiophene rings is 1. The molecule has 1 aliphatic rings. The van der Waals surface area contributed by atoms with Crippen molar-refractivity contribution in [1.29, 1.82) is 0 Å². The van der Waals surface area contributed by atoms with Crippen LogP contribution in [0.4, 0.5) is 0 Å². The fourth-order valence-electron chi connectivity index (χ4n) is 2.65. The van der Waals surface area contributed by atoms with E-state index in [0.29, 0.717) is 11.4 Å². The van der Waals surface area contributed by atoms with Crippen LogP contribution in [0, 0.1) is 5.41 Å². The van der Waals surface area contributed by atoms with Gasteiger partial charge in [0.25, 0.3) is 0 Å². The average molecular weight is 302 g/mol. The van der Waals surface area contributed by atoms with E-state index in [2.05, 4.69) is 11.6 Å². The third-order valence-electron chi connectivity index (χ3n) is 3.93. The van der Waals surface area contributed by atoms with Gasteiger partial charge in [-0.2, -0.15) is 0 Å². The van der Waals surface area contributed by atoms with E-state index in [4.69, 9.17) is 5.73 Å². The lowest BCUT2D eigenvalue weighted by Gasteiger charge is -2.33. The summed E-state index contributed by atoms with van der Waals surface area (Å²) in [4.78, 5) is 1.07. The van der Waals surface area contributed by atoms with Gasteiger partial charge in [-0.15, -0.1) is 11.3 Å². The molecule has 1 heterocycles. The lowest BCUT2D eigenvalue weighted by atomic mass is 9.76. The van der Waals surface area contributed by atoms with Gasteiger partial charge in [0.2, 0.25) is 10.0 Å². The summed E-state index contributed by atoms with van der Waals surface area (Å²) in [6.45, 7) is 2.96. The Hall–Kier alpha value is -0.430. The molecular weight excluding hydrogens is 280 g/mol. The molecule has 1 aliphatic carbocycles. The third kappa shape index (κ3) is 3.56. The number of nitrogens with two attached hydrogens (primary N) is 1. The van der Waals surface area contributed by atoms with Crippen LogP contribution in [0.5, 0.6) is 0 Å². The number of sulfonamides is 1. The van der Waals surface area contributed by atoms with Gasteiger partial charge in [0.15, 0.2) is 0 Å². The van der Waals surface area contributed by atoms with Crippen LogP contribution in [-0.4, -0.2) is 15.0 Å². The highest BCUT2D eigenvalue weighted by Gasteiger charge is 2.29. The molecule has 1 aromatic rings. The van der Waals surface area contributed by atoms with Crippen molar-refractivity contribution in [2.45, 2.75) is 50.5 Å². The molecule has 0 aromatic carbocycles. The lowest BCUT2D eigenvalue weighted by Crippen LogP contribution is -2.37. The largest absolute Gasteiger partial charge is 0.326 e. The molecule has 0 saturated heterocycles. The first kappa shape index (κ1) is 15.0. The van der Waals surface area contributed by atoms with E-state index >= 15 is 0 Å². The summed E-state index contributed by atoms with van der Waals surface area (Å²) in [6.07, 6.45) is 5.87. The van der Waals surface area contributed by atoms with Gasteiger partial charge in [-0.3, -0.25) is 0 Å². The van der Waals surface area contributed by atoms with Crippen molar-refractivity contribution in [1.82, 2.24) is 4.72 Å². The van der Waals surface area contributed by atoms with E-state index < -0.39 is 10.0 Å². The average Bonchev–Trinajstić information content (AvgIpc) is 2.87. The topological polar surface area (TPSA) is 72.2 Å². The Bertz CT molecular complexity index is 517. The van der Waals surface area contributed by atoms with Crippen LogP contribution in [-0.2, 0) is 16.6 Å². The maximum atomic E-state index is 12.3. The van der Waals surface area contributed by atoms with E-state index in [1.165, 1.54) is 30.6 Å². The Balaban J connectivity index is 2.05. The van der Waals surface area contributed by atoms with Crippen LogP contribution in [0.25, 0.3) is 0 Å². The van der Waals surface area contributed by atoms with Crippen molar-refractivity contribution < 1.29 is 8.42 Å².